The second-order valence-electron chi connectivity index (χ2n) is 7.92. The Morgan fingerprint density at radius 2 is 1.74 bits per heavy atom. The second kappa shape index (κ2) is 10.5. The van der Waals surface area contributed by atoms with Crippen molar-refractivity contribution in [2.45, 2.75) is 26.6 Å². The van der Waals surface area contributed by atoms with Crippen molar-refractivity contribution in [1.82, 2.24) is 4.90 Å². The van der Waals surface area contributed by atoms with Crippen LogP contribution in [0.5, 0.6) is 5.75 Å². The number of furan rings is 1. The molecule has 0 spiro atoms. The molecule has 3 aromatic carbocycles. The maximum absolute atomic E-state index is 13.4. The number of nitro benzene ring substituents is 1. The minimum absolute atomic E-state index is 0.0832. The first-order chi connectivity index (χ1) is 16.5. The fraction of sp³-hybridized carbons (Fsp3) is 0.148. The molecule has 0 bridgehead atoms. The number of nitro groups is 1. The topological polar surface area (TPSA) is 85.8 Å². The molecule has 7 nitrogen and oxygen atoms in total. The fourth-order valence-electron chi connectivity index (χ4n) is 3.61. The van der Waals surface area contributed by atoms with Gasteiger partial charge in [0.1, 0.15) is 18.1 Å². The summed E-state index contributed by atoms with van der Waals surface area (Å²) >= 11 is 0. The summed E-state index contributed by atoms with van der Waals surface area (Å²) in [7, 11) is 0. The SMILES string of the molecule is Cc1ccc(C(=O)N(Cc2cccc(OCc3ccccc3)c2)Cc2ccco2)cc1[N+](=O)[O-]. The number of carbonyl (C=O) groups is 1. The maximum atomic E-state index is 13.4. The number of benzene rings is 3. The first-order valence-corrected chi connectivity index (χ1v) is 10.8. The average Bonchev–Trinajstić information content (AvgIpc) is 3.36. The van der Waals surface area contributed by atoms with Gasteiger partial charge in [0.05, 0.1) is 17.7 Å². The van der Waals surface area contributed by atoms with E-state index in [1.165, 1.54) is 6.07 Å². The molecule has 172 valence electrons. The highest BCUT2D eigenvalue weighted by atomic mass is 16.6. The van der Waals surface area contributed by atoms with Crippen molar-refractivity contribution in [3.05, 3.63) is 129 Å². The van der Waals surface area contributed by atoms with Gasteiger partial charge in [-0.25, -0.2) is 0 Å². The molecule has 0 saturated carbocycles. The van der Waals surface area contributed by atoms with Gasteiger partial charge in [0.25, 0.3) is 11.6 Å². The van der Waals surface area contributed by atoms with E-state index in [0.29, 0.717) is 23.7 Å². The van der Waals surface area contributed by atoms with Gasteiger partial charge < -0.3 is 14.1 Å². The van der Waals surface area contributed by atoms with Crippen LogP contribution in [0.2, 0.25) is 0 Å². The highest BCUT2D eigenvalue weighted by molar-refractivity contribution is 5.95. The molecule has 0 saturated heterocycles. The van der Waals surface area contributed by atoms with Crippen molar-refractivity contribution in [1.29, 1.82) is 0 Å². The minimum Gasteiger partial charge on any atom is -0.489 e. The van der Waals surface area contributed by atoms with Gasteiger partial charge >= 0.3 is 0 Å². The van der Waals surface area contributed by atoms with Gasteiger partial charge in [0.15, 0.2) is 0 Å². The van der Waals surface area contributed by atoms with Gasteiger partial charge in [0.2, 0.25) is 0 Å². The Labute approximate surface area is 197 Å². The van der Waals surface area contributed by atoms with Crippen molar-refractivity contribution in [2.75, 3.05) is 0 Å². The number of nitrogens with zero attached hydrogens (tertiary/aromatic N) is 2. The number of ether oxygens (including phenoxy) is 1. The van der Waals surface area contributed by atoms with Crippen LogP contribution in [0.4, 0.5) is 5.69 Å². The smallest absolute Gasteiger partial charge is 0.273 e. The number of carbonyl (C=O) groups excluding carboxylic acids is 1. The summed E-state index contributed by atoms with van der Waals surface area (Å²) in [5.74, 6) is 0.985. The van der Waals surface area contributed by atoms with Gasteiger partial charge in [0, 0.05) is 23.7 Å². The van der Waals surface area contributed by atoms with E-state index in [1.54, 1.807) is 42.4 Å². The summed E-state index contributed by atoms with van der Waals surface area (Å²) < 4.78 is 11.4. The van der Waals surface area contributed by atoms with E-state index in [9.17, 15) is 14.9 Å². The van der Waals surface area contributed by atoms with Crippen LogP contribution in [0.25, 0.3) is 0 Å². The molecule has 0 radical (unpaired) electrons. The van der Waals surface area contributed by atoms with Crippen LogP contribution in [0.3, 0.4) is 0 Å². The molecule has 0 aliphatic carbocycles. The zero-order valence-corrected chi connectivity index (χ0v) is 18.7. The minimum atomic E-state index is -0.476. The summed E-state index contributed by atoms with van der Waals surface area (Å²) in [6.07, 6.45) is 1.55. The lowest BCUT2D eigenvalue weighted by atomic mass is 10.1. The summed E-state index contributed by atoms with van der Waals surface area (Å²) in [6, 6.07) is 25.5. The van der Waals surface area contributed by atoms with E-state index >= 15 is 0 Å². The number of hydrogen-bond acceptors (Lipinski definition) is 5. The van der Waals surface area contributed by atoms with E-state index in [0.717, 1.165) is 11.1 Å². The Bertz CT molecular complexity index is 1270. The normalized spacial score (nSPS) is 10.6. The van der Waals surface area contributed by atoms with Crippen LogP contribution >= 0.6 is 0 Å². The average molecular weight is 456 g/mol. The van der Waals surface area contributed by atoms with Gasteiger partial charge in [-0.05, 0) is 48.4 Å². The standard InChI is InChI=1S/C27H24N2O5/c1-20-12-13-23(16-26(20)29(31)32)27(30)28(18-25-11-6-14-33-25)17-22-9-5-10-24(15-22)34-19-21-7-3-2-4-8-21/h2-16H,17-19H2,1H3. The summed E-state index contributed by atoms with van der Waals surface area (Å²) in [5, 5.41) is 11.4. The molecular weight excluding hydrogens is 432 g/mol. The predicted molar refractivity (Wildman–Crippen MR) is 127 cm³/mol. The van der Waals surface area contributed by atoms with Crippen LogP contribution in [0, 0.1) is 17.0 Å². The summed E-state index contributed by atoms with van der Waals surface area (Å²) in [5.41, 5.74) is 2.60. The Morgan fingerprint density at radius 3 is 2.47 bits per heavy atom. The molecule has 0 fully saturated rings. The molecule has 1 heterocycles. The molecule has 1 aromatic heterocycles. The highest BCUT2D eigenvalue weighted by Crippen LogP contribution is 2.23. The van der Waals surface area contributed by atoms with Crippen LogP contribution in [0.1, 0.15) is 32.8 Å². The fourth-order valence-corrected chi connectivity index (χ4v) is 3.61. The zero-order chi connectivity index (χ0) is 23.9. The Hall–Kier alpha value is -4.39. The zero-order valence-electron chi connectivity index (χ0n) is 18.7. The highest BCUT2D eigenvalue weighted by Gasteiger charge is 2.21. The van der Waals surface area contributed by atoms with E-state index in [1.807, 2.05) is 54.6 Å². The molecule has 0 aliphatic heterocycles. The van der Waals surface area contributed by atoms with Gasteiger partial charge in [-0.2, -0.15) is 0 Å². The Balaban J connectivity index is 1.55. The molecule has 34 heavy (non-hydrogen) atoms. The third-order valence-electron chi connectivity index (χ3n) is 5.39. The molecule has 0 unspecified atom stereocenters. The lowest BCUT2D eigenvalue weighted by molar-refractivity contribution is -0.385. The van der Waals surface area contributed by atoms with Crippen molar-refractivity contribution < 1.29 is 18.9 Å². The van der Waals surface area contributed by atoms with E-state index < -0.39 is 4.92 Å². The molecular formula is C27H24N2O5. The third kappa shape index (κ3) is 5.69. The van der Waals surface area contributed by atoms with Gasteiger partial charge in [-0.3, -0.25) is 14.9 Å². The monoisotopic (exact) mass is 456 g/mol. The second-order valence-corrected chi connectivity index (χ2v) is 7.92. The Kier molecular flexibility index (Phi) is 7.03. The number of aryl methyl sites for hydroxylation is 1. The number of hydrogen-bond donors (Lipinski definition) is 0. The van der Waals surface area contributed by atoms with Crippen LogP contribution in [0.15, 0.2) is 95.6 Å². The summed E-state index contributed by atoms with van der Waals surface area (Å²) in [4.78, 5) is 25.9. The third-order valence-corrected chi connectivity index (χ3v) is 5.39. The van der Waals surface area contributed by atoms with Crippen molar-refractivity contribution >= 4 is 11.6 Å². The number of amides is 1. The van der Waals surface area contributed by atoms with Gasteiger partial charge in [-0.1, -0.05) is 48.5 Å². The van der Waals surface area contributed by atoms with Crippen molar-refractivity contribution in [2.24, 2.45) is 0 Å². The molecule has 1 amide bonds. The molecule has 4 rings (SSSR count). The molecule has 0 atom stereocenters. The van der Waals surface area contributed by atoms with Gasteiger partial charge in [-0.15, -0.1) is 0 Å². The van der Waals surface area contributed by atoms with Crippen LogP contribution in [-0.2, 0) is 19.7 Å². The van der Waals surface area contributed by atoms with E-state index in [4.69, 9.17) is 9.15 Å². The van der Waals surface area contributed by atoms with Crippen molar-refractivity contribution in [3.8, 4) is 5.75 Å². The molecule has 7 heteroatoms. The maximum Gasteiger partial charge on any atom is 0.273 e. The van der Waals surface area contributed by atoms with Crippen molar-refractivity contribution in [3.63, 3.8) is 0 Å². The predicted octanol–water partition coefficient (Wildman–Crippen LogP) is 5.92. The van der Waals surface area contributed by atoms with Crippen LogP contribution < -0.4 is 4.74 Å². The van der Waals surface area contributed by atoms with E-state index in [-0.39, 0.29) is 30.2 Å². The lowest BCUT2D eigenvalue weighted by Gasteiger charge is -2.22. The largest absolute Gasteiger partial charge is 0.489 e. The first kappa shape index (κ1) is 22.8. The molecule has 0 N–H and O–H groups in total. The lowest BCUT2D eigenvalue weighted by Crippen LogP contribution is -2.30. The Morgan fingerprint density at radius 1 is 0.941 bits per heavy atom. The molecule has 0 aliphatic rings. The van der Waals surface area contributed by atoms with Crippen LogP contribution in [-0.4, -0.2) is 15.7 Å². The summed E-state index contributed by atoms with van der Waals surface area (Å²) in [6.45, 7) is 2.59. The first-order valence-electron chi connectivity index (χ1n) is 10.8. The number of rotatable bonds is 9. The quantitative estimate of drug-likeness (QED) is 0.231. The molecule has 4 aromatic rings. The van der Waals surface area contributed by atoms with E-state index in [2.05, 4.69) is 0 Å².